The van der Waals surface area contributed by atoms with Crippen LogP contribution in [0.25, 0.3) is 0 Å². The second-order valence-electron chi connectivity index (χ2n) is 2.19. The number of nitrogens with zero attached hydrogens (tertiary/aromatic N) is 1. The lowest BCUT2D eigenvalue weighted by molar-refractivity contribution is 0.533. The number of halogens is 2. The van der Waals surface area contributed by atoms with Gasteiger partial charge in [0, 0.05) is 0 Å². The van der Waals surface area contributed by atoms with Gasteiger partial charge in [-0.25, -0.2) is 4.39 Å². The SMILES string of the molecule is N#Cc1ccc(F)c(S(=O)(=O)F)c1. The lowest BCUT2D eigenvalue weighted by Gasteiger charge is -1.96. The molecule has 0 heterocycles. The third-order valence-electron chi connectivity index (χ3n) is 1.32. The number of hydrogen-bond acceptors (Lipinski definition) is 3. The summed E-state index contributed by atoms with van der Waals surface area (Å²) in [6.45, 7) is 0. The van der Waals surface area contributed by atoms with Crippen molar-refractivity contribution in [1.82, 2.24) is 0 Å². The van der Waals surface area contributed by atoms with E-state index in [4.69, 9.17) is 5.26 Å². The summed E-state index contributed by atoms with van der Waals surface area (Å²) in [5.74, 6) is -1.21. The Morgan fingerprint density at radius 3 is 2.46 bits per heavy atom. The van der Waals surface area contributed by atoms with E-state index in [1.807, 2.05) is 0 Å². The average Bonchev–Trinajstić information content (AvgIpc) is 2.03. The second-order valence-corrected chi connectivity index (χ2v) is 3.51. The van der Waals surface area contributed by atoms with Crippen molar-refractivity contribution in [2.75, 3.05) is 0 Å². The lowest BCUT2D eigenvalue weighted by Crippen LogP contribution is -1.96. The molecular weight excluding hydrogens is 200 g/mol. The molecule has 0 bridgehead atoms. The molecule has 68 valence electrons. The highest BCUT2D eigenvalue weighted by Crippen LogP contribution is 2.17. The van der Waals surface area contributed by atoms with Gasteiger partial charge in [-0.05, 0) is 18.2 Å². The van der Waals surface area contributed by atoms with Crippen LogP contribution in [0.1, 0.15) is 5.56 Å². The van der Waals surface area contributed by atoms with Crippen LogP contribution in [-0.4, -0.2) is 8.42 Å². The van der Waals surface area contributed by atoms with Gasteiger partial charge in [0.2, 0.25) is 0 Å². The van der Waals surface area contributed by atoms with Gasteiger partial charge in [-0.1, -0.05) is 0 Å². The van der Waals surface area contributed by atoms with Crippen LogP contribution in [0.3, 0.4) is 0 Å². The first-order valence-electron chi connectivity index (χ1n) is 3.09. The van der Waals surface area contributed by atoms with Crippen LogP contribution in [0.15, 0.2) is 23.1 Å². The Kier molecular flexibility index (Phi) is 2.30. The maximum atomic E-state index is 12.7. The minimum atomic E-state index is -5.09. The van der Waals surface area contributed by atoms with Crippen LogP contribution in [0.4, 0.5) is 8.28 Å². The molecule has 0 saturated carbocycles. The minimum absolute atomic E-state index is 0.113. The van der Waals surface area contributed by atoms with E-state index in [2.05, 4.69) is 0 Å². The van der Waals surface area contributed by atoms with Crippen LogP contribution < -0.4 is 0 Å². The van der Waals surface area contributed by atoms with Crippen molar-refractivity contribution in [3.63, 3.8) is 0 Å². The largest absolute Gasteiger partial charge is 0.335 e. The molecule has 0 atom stereocenters. The van der Waals surface area contributed by atoms with E-state index in [0.29, 0.717) is 6.07 Å². The quantitative estimate of drug-likeness (QED) is 0.647. The molecule has 3 nitrogen and oxygen atoms in total. The van der Waals surface area contributed by atoms with Crippen LogP contribution in [0.5, 0.6) is 0 Å². The van der Waals surface area contributed by atoms with Gasteiger partial charge < -0.3 is 0 Å². The minimum Gasteiger partial charge on any atom is -0.205 e. The number of benzene rings is 1. The van der Waals surface area contributed by atoms with Crippen molar-refractivity contribution in [1.29, 1.82) is 5.26 Å². The van der Waals surface area contributed by atoms with Gasteiger partial charge >= 0.3 is 10.2 Å². The molecule has 1 aromatic carbocycles. The fourth-order valence-corrected chi connectivity index (χ4v) is 1.33. The van der Waals surface area contributed by atoms with E-state index in [1.54, 1.807) is 6.07 Å². The molecule has 0 aliphatic carbocycles. The van der Waals surface area contributed by atoms with Crippen LogP contribution in [-0.2, 0) is 10.2 Å². The zero-order chi connectivity index (χ0) is 10.1. The first kappa shape index (κ1) is 9.61. The zero-order valence-corrected chi connectivity index (χ0v) is 6.98. The Labute approximate surface area is 73.4 Å². The molecule has 6 heteroatoms. The molecule has 1 aromatic rings. The maximum absolute atomic E-state index is 12.7. The predicted molar refractivity (Wildman–Crippen MR) is 39.4 cm³/mol. The average molecular weight is 203 g/mol. The first-order chi connectivity index (χ1) is 5.95. The molecule has 0 spiro atoms. The molecular formula is C7H3F2NO2S. The second kappa shape index (κ2) is 3.11. The van der Waals surface area contributed by atoms with E-state index in [1.165, 1.54) is 0 Å². The lowest BCUT2D eigenvalue weighted by atomic mass is 10.2. The molecule has 0 radical (unpaired) electrons. The van der Waals surface area contributed by atoms with E-state index in [0.717, 1.165) is 12.1 Å². The molecule has 0 amide bonds. The van der Waals surface area contributed by atoms with Crippen molar-refractivity contribution >= 4 is 10.2 Å². The number of hydrogen-bond donors (Lipinski definition) is 0. The summed E-state index contributed by atoms with van der Waals surface area (Å²) in [6, 6.07) is 4.00. The molecule has 1 rings (SSSR count). The molecule has 0 aliphatic rings. The van der Waals surface area contributed by atoms with Gasteiger partial charge in [-0.2, -0.15) is 13.7 Å². The summed E-state index contributed by atoms with van der Waals surface area (Å²) < 4.78 is 45.6. The zero-order valence-electron chi connectivity index (χ0n) is 6.16. The predicted octanol–water partition coefficient (Wildman–Crippen LogP) is 1.36. The Hall–Kier alpha value is -1.48. The smallest absolute Gasteiger partial charge is 0.205 e. The fraction of sp³-hybridized carbons (Fsp3) is 0. The summed E-state index contributed by atoms with van der Waals surface area (Å²) in [6.07, 6.45) is 0. The van der Waals surface area contributed by atoms with Crippen molar-refractivity contribution in [3.8, 4) is 6.07 Å². The van der Waals surface area contributed by atoms with Gasteiger partial charge in [0.1, 0.15) is 10.7 Å². The van der Waals surface area contributed by atoms with E-state index in [-0.39, 0.29) is 5.56 Å². The van der Waals surface area contributed by atoms with Gasteiger partial charge in [-0.15, -0.1) is 3.89 Å². The highest BCUT2D eigenvalue weighted by Gasteiger charge is 2.17. The number of rotatable bonds is 1. The highest BCUT2D eigenvalue weighted by molar-refractivity contribution is 7.86. The first-order valence-corrected chi connectivity index (χ1v) is 4.48. The Balaban J connectivity index is 3.47. The van der Waals surface area contributed by atoms with Crippen molar-refractivity contribution in [2.24, 2.45) is 0 Å². The van der Waals surface area contributed by atoms with E-state index >= 15 is 0 Å². The highest BCUT2D eigenvalue weighted by atomic mass is 32.3. The van der Waals surface area contributed by atoms with Gasteiger partial charge in [0.25, 0.3) is 0 Å². The molecule has 0 fully saturated rings. The van der Waals surface area contributed by atoms with Crippen molar-refractivity contribution in [3.05, 3.63) is 29.6 Å². The Morgan fingerprint density at radius 1 is 1.38 bits per heavy atom. The van der Waals surface area contributed by atoms with Crippen molar-refractivity contribution < 1.29 is 16.7 Å². The van der Waals surface area contributed by atoms with Gasteiger partial charge in [0.15, 0.2) is 0 Å². The standard InChI is InChI=1S/C7H3F2NO2S/c8-6-2-1-5(4-10)3-7(6)13(9,11)12/h1-3H. The monoisotopic (exact) mass is 203 g/mol. The van der Waals surface area contributed by atoms with Crippen molar-refractivity contribution in [2.45, 2.75) is 4.90 Å². The van der Waals surface area contributed by atoms with Gasteiger partial charge in [0.05, 0.1) is 11.6 Å². The number of nitriles is 1. The molecule has 0 N–H and O–H groups in total. The third-order valence-corrected chi connectivity index (χ3v) is 2.16. The molecule has 13 heavy (non-hydrogen) atoms. The van der Waals surface area contributed by atoms with Gasteiger partial charge in [-0.3, -0.25) is 0 Å². The normalized spacial score (nSPS) is 10.8. The molecule has 0 aliphatic heterocycles. The van der Waals surface area contributed by atoms with Crippen LogP contribution >= 0.6 is 0 Å². The van der Waals surface area contributed by atoms with Crippen LogP contribution in [0.2, 0.25) is 0 Å². The summed E-state index contributed by atoms with van der Waals surface area (Å²) >= 11 is 0. The fourth-order valence-electron chi connectivity index (χ4n) is 0.760. The molecule has 0 unspecified atom stereocenters. The molecule has 0 aromatic heterocycles. The Bertz CT molecular complexity index is 476. The Morgan fingerprint density at radius 2 is 2.00 bits per heavy atom. The maximum Gasteiger partial charge on any atom is 0.335 e. The van der Waals surface area contributed by atoms with E-state index < -0.39 is 20.9 Å². The summed E-state index contributed by atoms with van der Waals surface area (Å²) in [7, 11) is -5.09. The van der Waals surface area contributed by atoms with E-state index in [9.17, 15) is 16.7 Å². The summed E-state index contributed by atoms with van der Waals surface area (Å²) in [5, 5.41) is 8.33. The third kappa shape index (κ3) is 2.00. The van der Waals surface area contributed by atoms with Crippen LogP contribution in [0, 0.1) is 17.1 Å². The summed E-state index contributed by atoms with van der Waals surface area (Å²) in [5.41, 5.74) is -0.113. The molecule has 0 saturated heterocycles. The summed E-state index contributed by atoms with van der Waals surface area (Å²) in [4.78, 5) is -1.11. The topological polar surface area (TPSA) is 57.9 Å².